The van der Waals surface area contributed by atoms with E-state index < -0.39 is 0 Å². The van der Waals surface area contributed by atoms with Crippen LogP contribution in [0.15, 0.2) is 48.8 Å². The topological polar surface area (TPSA) is 49.8 Å². The molecule has 0 bridgehead atoms. The first kappa shape index (κ1) is 15.6. The molecule has 130 valence electrons. The summed E-state index contributed by atoms with van der Waals surface area (Å²) in [6.07, 6.45) is 5.28. The normalized spacial score (nSPS) is 13.2. The third-order valence-electron chi connectivity index (χ3n) is 5.02. The van der Waals surface area contributed by atoms with Crippen LogP contribution in [0.5, 0.6) is 0 Å². The second kappa shape index (κ2) is 6.57. The van der Waals surface area contributed by atoms with E-state index >= 15 is 0 Å². The fourth-order valence-corrected chi connectivity index (χ4v) is 5.05. The van der Waals surface area contributed by atoms with Gasteiger partial charge in [-0.15, -0.1) is 11.3 Å². The number of rotatable bonds is 5. The summed E-state index contributed by atoms with van der Waals surface area (Å²) >= 11 is 1.83. The van der Waals surface area contributed by atoms with Gasteiger partial charge in [0, 0.05) is 29.0 Å². The number of anilines is 2. The fraction of sp³-hybridized carbons (Fsp3) is 0.238. The molecule has 0 atom stereocenters. The maximum Gasteiger partial charge on any atom is 0.138 e. The van der Waals surface area contributed by atoms with E-state index in [1.807, 2.05) is 11.3 Å². The Morgan fingerprint density at radius 2 is 1.81 bits per heavy atom. The molecule has 5 rings (SSSR count). The van der Waals surface area contributed by atoms with Crippen LogP contribution in [0.3, 0.4) is 0 Å². The van der Waals surface area contributed by atoms with Gasteiger partial charge < -0.3 is 10.6 Å². The lowest BCUT2D eigenvalue weighted by Gasteiger charge is -2.11. The molecule has 2 aromatic carbocycles. The molecule has 0 fully saturated rings. The molecular weight excluding hydrogens is 340 g/mol. The van der Waals surface area contributed by atoms with Gasteiger partial charge in [0.1, 0.15) is 17.0 Å². The zero-order chi connectivity index (χ0) is 17.3. The molecule has 0 amide bonds. The van der Waals surface area contributed by atoms with Crippen molar-refractivity contribution in [2.45, 2.75) is 19.3 Å². The van der Waals surface area contributed by atoms with E-state index in [9.17, 15) is 0 Å². The molecule has 1 aliphatic carbocycles. The summed E-state index contributed by atoms with van der Waals surface area (Å²) in [4.78, 5) is 11.6. The number of fused-ring (bicyclic) bond motifs is 4. The molecule has 0 saturated heterocycles. The van der Waals surface area contributed by atoms with Crippen molar-refractivity contribution in [2.24, 2.45) is 0 Å². The first-order valence-electron chi connectivity index (χ1n) is 9.11. The number of benzene rings is 2. The minimum absolute atomic E-state index is 0.819. The Labute approximate surface area is 156 Å². The molecule has 2 heterocycles. The van der Waals surface area contributed by atoms with E-state index in [1.54, 1.807) is 6.33 Å². The Morgan fingerprint density at radius 3 is 2.81 bits per heavy atom. The molecule has 0 radical (unpaired) electrons. The van der Waals surface area contributed by atoms with Crippen molar-refractivity contribution in [3.8, 4) is 0 Å². The van der Waals surface area contributed by atoms with E-state index in [2.05, 4.69) is 63.1 Å². The van der Waals surface area contributed by atoms with Crippen LogP contribution in [0.2, 0.25) is 0 Å². The second-order valence-electron chi connectivity index (χ2n) is 6.64. The molecule has 2 aromatic heterocycles. The maximum absolute atomic E-state index is 4.51. The van der Waals surface area contributed by atoms with Gasteiger partial charge in [-0.05, 0) is 36.3 Å². The van der Waals surface area contributed by atoms with Gasteiger partial charge in [-0.1, -0.05) is 36.4 Å². The Balaban J connectivity index is 1.31. The highest BCUT2D eigenvalue weighted by molar-refractivity contribution is 7.19. The Morgan fingerprint density at radius 1 is 0.923 bits per heavy atom. The summed E-state index contributed by atoms with van der Waals surface area (Å²) in [7, 11) is 0. The van der Waals surface area contributed by atoms with Crippen LogP contribution in [0.25, 0.3) is 21.0 Å². The first-order chi connectivity index (χ1) is 12.9. The molecular formula is C21H20N4S. The van der Waals surface area contributed by atoms with E-state index in [0.717, 1.165) is 30.2 Å². The lowest BCUT2D eigenvalue weighted by atomic mass is 10.1. The first-order valence-corrected chi connectivity index (χ1v) is 9.92. The smallest absolute Gasteiger partial charge is 0.138 e. The van der Waals surface area contributed by atoms with Gasteiger partial charge in [-0.2, -0.15) is 0 Å². The van der Waals surface area contributed by atoms with E-state index in [4.69, 9.17) is 0 Å². The lowest BCUT2D eigenvalue weighted by molar-refractivity contribution is 0.917. The summed E-state index contributed by atoms with van der Waals surface area (Å²) in [5, 5.41) is 10.8. The van der Waals surface area contributed by atoms with Gasteiger partial charge in [0.2, 0.25) is 0 Å². The molecule has 0 spiro atoms. The van der Waals surface area contributed by atoms with Crippen molar-refractivity contribution in [3.63, 3.8) is 0 Å². The van der Waals surface area contributed by atoms with Crippen molar-refractivity contribution in [2.75, 3.05) is 23.7 Å². The van der Waals surface area contributed by atoms with Crippen molar-refractivity contribution >= 4 is 43.8 Å². The predicted octanol–water partition coefficient (Wildman–Crippen LogP) is 4.86. The highest BCUT2D eigenvalue weighted by Crippen LogP contribution is 2.38. The molecule has 1 aliphatic rings. The zero-order valence-corrected chi connectivity index (χ0v) is 15.3. The molecule has 2 N–H and O–H groups in total. The maximum atomic E-state index is 4.51. The molecule has 5 heteroatoms. The fourth-order valence-electron chi connectivity index (χ4n) is 3.82. The second-order valence-corrected chi connectivity index (χ2v) is 7.72. The van der Waals surface area contributed by atoms with Crippen LogP contribution in [0.1, 0.15) is 16.9 Å². The zero-order valence-electron chi connectivity index (χ0n) is 14.5. The Hall–Kier alpha value is -2.66. The van der Waals surface area contributed by atoms with E-state index in [-0.39, 0.29) is 0 Å². The highest BCUT2D eigenvalue weighted by atomic mass is 32.1. The Kier molecular flexibility index (Phi) is 3.94. The predicted molar refractivity (Wildman–Crippen MR) is 110 cm³/mol. The minimum Gasteiger partial charge on any atom is -0.383 e. The van der Waals surface area contributed by atoms with E-state index in [1.165, 1.54) is 45.1 Å². The van der Waals surface area contributed by atoms with Gasteiger partial charge in [0.05, 0.1) is 5.39 Å². The van der Waals surface area contributed by atoms with Gasteiger partial charge in [-0.25, -0.2) is 9.97 Å². The Bertz CT molecular complexity index is 1080. The van der Waals surface area contributed by atoms with Gasteiger partial charge in [0.15, 0.2) is 0 Å². The third kappa shape index (κ3) is 2.69. The summed E-state index contributed by atoms with van der Waals surface area (Å²) in [6.45, 7) is 1.66. The lowest BCUT2D eigenvalue weighted by Crippen LogP contribution is -2.14. The third-order valence-corrected chi connectivity index (χ3v) is 6.22. The number of hydrogen-bond acceptors (Lipinski definition) is 5. The number of thiophene rings is 1. The largest absolute Gasteiger partial charge is 0.383 e. The van der Waals surface area contributed by atoms with Crippen molar-refractivity contribution in [1.29, 1.82) is 0 Å². The molecule has 0 aliphatic heterocycles. The standard InChI is InChI=1S/C21H20N4S/c1-2-7-15-14(5-1)6-3-9-17(15)22-11-12-23-20-19-16-8-4-10-18(16)26-21(19)25-13-24-20/h1-3,5-7,9,13,22H,4,8,10-12H2,(H,23,24,25). The monoisotopic (exact) mass is 360 g/mol. The van der Waals surface area contributed by atoms with Crippen molar-refractivity contribution in [3.05, 3.63) is 59.2 Å². The summed E-state index contributed by atoms with van der Waals surface area (Å²) in [5.74, 6) is 0.981. The number of nitrogens with one attached hydrogen (secondary N) is 2. The van der Waals surface area contributed by atoms with Crippen LogP contribution in [-0.4, -0.2) is 23.1 Å². The number of hydrogen-bond donors (Lipinski definition) is 2. The van der Waals surface area contributed by atoms with Gasteiger partial charge in [-0.3, -0.25) is 0 Å². The SMILES string of the molecule is c1ccc2c(NCCNc3ncnc4sc5c(c34)CCC5)cccc2c1. The molecule has 26 heavy (non-hydrogen) atoms. The summed E-state index contributed by atoms with van der Waals surface area (Å²) in [5.41, 5.74) is 2.64. The quantitative estimate of drug-likeness (QED) is 0.499. The average Bonchev–Trinajstić information content (AvgIpc) is 3.26. The van der Waals surface area contributed by atoms with E-state index in [0.29, 0.717) is 0 Å². The van der Waals surface area contributed by atoms with Gasteiger partial charge in [0.25, 0.3) is 0 Å². The molecule has 4 aromatic rings. The van der Waals surface area contributed by atoms with Crippen LogP contribution >= 0.6 is 11.3 Å². The van der Waals surface area contributed by atoms with Crippen LogP contribution < -0.4 is 10.6 Å². The number of aromatic nitrogens is 2. The van der Waals surface area contributed by atoms with Crippen molar-refractivity contribution < 1.29 is 0 Å². The highest BCUT2D eigenvalue weighted by Gasteiger charge is 2.20. The average molecular weight is 360 g/mol. The summed E-state index contributed by atoms with van der Waals surface area (Å²) in [6, 6.07) is 14.8. The van der Waals surface area contributed by atoms with Crippen LogP contribution in [0, 0.1) is 0 Å². The van der Waals surface area contributed by atoms with Crippen LogP contribution in [0.4, 0.5) is 11.5 Å². The number of aryl methyl sites for hydroxylation is 2. The summed E-state index contributed by atoms with van der Waals surface area (Å²) < 4.78 is 0. The molecule has 4 nitrogen and oxygen atoms in total. The van der Waals surface area contributed by atoms with Crippen molar-refractivity contribution in [1.82, 2.24) is 9.97 Å². The minimum atomic E-state index is 0.819. The van der Waals surface area contributed by atoms with Crippen LogP contribution in [-0.2, 0) is 12.8 Å². The van der Waals surface area contributed by atoms with Gasteiger partial charge >= 0.3 is 0 Å². The molecule has 0 unspecified atom stereocenters. The molecule has 0 saturated carbocycles. The number of nitrogens with zero attached hydrogens (tertiary/aromatic N) is 2.